The van der Waals surface area contributed by atoms with Gasteiger partial charge < -0.3 is 19.5 Å². The van der Waals surface area contributed by atoms with E-state index >= 15 is 0 Å². The molecule has 0 aliphatic rings. The molecule has 1 aromatic carbocycles. The van der Waals surface area contributed by atoms with Gasteiger partial charge in [-0.05, 0) is 36.8 Å². The Kier molecular flexibility index (Phi) is 9.19. The summed E-state index contributed by atoms with van der Waals surface area (Å²) in [6.07, 6.45) is 1.65. The third-order valence-corrected chi connectivity index (χ3v) is 6.93. The second-order valence-corrected chi connectivity index (χ2v) is 9.08. The predicted molar refractivity (Wildman–Crippen MR) is 132 cm³/mol. The largest absolute Gasteiger partial charge is 0.486 e. The number of ether oxygens (including phenoxy) is 3. The number of methoxy groups -OCH3 is 2. The van der Waals surface area contributed by atoms with Gasteiger partial charge in [-0.2, -0.15) is 0 Å². The molecule has 0 saturated heterocycles. The van der Waals surface area contributed by atoms with Gasteiger partial charge in [0.1, 0.15) is 28.1 Å². The number of rotatable bonds is 11. The summed E-state index contributed by atoms with van der Waals surface area (Å²) in [5, 5.41) is 11.6. The first-order valence-electron chi connectivity index (χ1n) is 10.4. The lowest BCUT2D eigenvalue weighted by Crippen LogP contribution is -2.16. The Morgan fingerprint density at radius 3 is 2.50 bits per heavy atom. The quantitative estimate of drug-likeness (QED) is 0.222. The van der Waals surface area contributed by atoms with Gasteiger partial charge in [0, 0.05) is 6.54 Å². The van der Waals surface area contributed by atoms with E-state index in [1.165, 1.54) is 38.5 Å². The summed E-state index contributed by atoms with van der Waals surface area (Å²) >= 11 is 2.05. The fourth-order valence-corrected chi connectivity index (χ4v) is 4.95. The lowest BCUT2D eigenvalue weighted by molar-refractivity contribution is -0.113. The number of nitrogens with zero attached hydrogens (tertiary/aromatic N) is 3. The summed E-state index contributed by atoms with van der Waals surface area (Å²) in [7, 11) is 2.44. The van der Waals surface area contributed by atoms with Gasteiger partial charge in [0.25, 0.3) is 0 Å². The lowest BCUT2D eigenvalue weighted by Gasteiger charge is -2.09. The Bertz CT molecular complexity index is 1270. The number of carbonyl (C=O) groups excluding carboxylic acids is 3. The van der Waals surface area contributed by atoms with E-state index in [4.69, 9.17) is 14.2 Å². The number of aromatic nitrogens is 3. The number of thiophene rings is 1. The molecule has 1 N–H and O–H groups in total. The van der Waals surface area contributed by atoms with Crippen LogP contribution < -0.4 is 10.1 Å². The van der Waals surface area contributed by atoms with Crippen LogP contribution in [0, 0.1) is 12.7 Å². The number of hydrogen-bond donors (Lipinski definition) is 1. The van der Waals surface area contributed by atoms with Gasteiger partial charge in [0.2, 0.25) is 5.91 Å². The SMILES string of the molecule is C=CCn1c(COc2ccc(F)cc2)nnc1SCC(=O)Nc1sc(C(=O)OC)c(C)c1C(=O)OC. The molecule has 190 valence electrons. The van der Waals surface area contributed by atoms with Gasteiger partial charge in [0.05, 0.1) is 25.5 Å². The molecule has 0 radical (unpaired) electrons. The van der Waals surface area contributed by atoms with E-state index in [-0.39, 0.29) is 33.6 Å². The molecule has 0 bridgehead atoms. The van der Waals surface area contributed by atoms with Crippen molar-refractivity contribution in [3.8, 4) is 5.75 Å². The van der Waals surface area contributed by atoms with Crippen molar-refractivity contribution in [2.24, 2.45) is 0 Å². The molecule has 3 rings (SSSR count). The van der Waals surface area contributed by atoms with Gasteiger partial charge in [-0.3, -0.25) is 9.36 Å². The van der Waals surface area contributed by atoms with Gasteiger partial charge >= 0.3 is 11.9 Å². The first-order chi connectivity index (χ1) is 17.3. The zero-order valence-electron chi connectivity index (χ0n) is 19.7. The van der Waals surface area contributed by atoms with Crippen LogP contribution in [0.5, 0.6) is 5.75 Å². The fourth-order valence-electron chi connectivity index (χ4n) is 3.05. The summed E-state index contributed by atoms with van der Waals surface area (Å²) in [6, 6.07) is 5.59. The summed E-state index contributed by atoms with van der Waals surface area (Å²) < 4.78 is 30.0. The minimum absolute atomic E-state index is 0.0563. The van der Waals surface area contributed by atoms with Crippen LogP contribution in [0.25, 0.3) is 0 Å². The Balaban J connectivity index is 1.70. The van der Waals surface area contributed by atoms with Crippen LogP contribution in [0.4, 0.5) is 9.39 Å². The Morgan fingerprint density at radius 1 is 1.17 bits per heavy atom. The molecular formula is C23H23FN4O6S2. The predicted octanol–water partition coefficient (Wildman–Crippen LogP) is 3.86. The first kappa shape index (κ1) is 26.9. The topological polar surface area (TPSA) is 122 Å². The molecule has 0 unspecified atom stereocenters. The van der Waals surface area contributed by atoms with Crippen molar-refractivity contribution in [3.63, 3.8) is 0 Å². The van der Waals surface area contributed by atoms with Gasteiger partial charge in [-0.25, -0.2) is 14.0 Å². The maximum Gasteiger partial charge on any atom is 0.348 e. The van der Waals surface area contributed by atoms with Crippen LogP contribution in [-0.4, -0.2) is 52.6 Å². The van der Waals surface area contributed by atoms with Gasteiger partial charge in [-0.1, -0.05) is 17.8 Å². The average Bonchev–Trinajstić information content (AvgIpc) is 3.41. The third kappa shape index (κ3) is 6.29. The molecule has 2 aromatic heterocycles. The molecule has 0 aliphatic carbocycles. The second-order valence-electron chi connectivity index (χ2n) is 7.12. The van der Waals surface area contributed by atoms with Crippen LogP contribution >= 0.6 is 23.1 Å². The molecule has 13 heteroatoms. The first-order valence-corrected chi connectivity index (χ1v) is 12.2. The molecule has 0 spiro atoms. The minimum atomic E-state index is -0.682. The molecule has 10 nitrogen and oxygen atoms in total. The van der Waals surface area contributed by atoms with Crippen LogP contribution in [0.2, 0.25) is 0 Å². The number of allylic oxidation sites excluding steroid dienone is 1. The minimum Gasteiger partial charge on any atom is -0.486 e. The summed E-state index contributed by atoms with van der Waals surface area (Å²) in [5.41, 5.74) is 0.453. The maximum absolute atomic E-state index is 13.1. The highest BCUT2D eigenvalue weighted by Crippen LogP contribution is 2.34. The van der Waals surface area contributed by atoms with E-state index in [2.05, 4.69) is 22.1 Å². The van der Waals surface area contributed by atoms with Crippen molar-refractivity contribution < 1.29 is 33.0 Å². The van der Waals surface area contributed by atoms with Crippen LogP contribution in [0.1, 0.15) is 31.4 Å². The third-order valence-electron chi connectivity index (χ3n) is 4.78. The normalized spacial score (nSPS) is 10.6. The molecule has 0 fully saturated rings. The second kappa shape index (κ2) is 12.3. The van der Waals surface area contributed by atoms with E-state index in [0.29, 0.717) is 28.8 Å². The van der Waals surface area contributed by atoms with Crippen LogP contribution in [0.3, 0.4) is 0 Å². The molecular weight excluding hydrogens is 511 g/mol. The standard InChI is InChI=1S/C23H23FN4O6S2/c1-5-10-28-16(11-34-15-8-6-14(24)7-9-15)26-27-23(28)35-12-17(29)25-20-18(21(30)32-3)13(2)19(36-20)22(31)33-4/h5-9H,1,10-12H2,2-4H3,(H,25,29). The molecule has 0 aliphatic heterocycles. The van der Waals surface area contributed by atoms with E-state index in [9.17, 15) is 18.8 Å². The zero-order chi connectivity index (χ0) is 26.2. The highest BCUT2D eigenvalue weighted by Gasteiger charge is 2.27. The molecule has 0 atom stereocenters. The molecule has 3 aromatic rings. The zero-order valence-corrected chi connectivity index (χ0v) is 21.3. The number of thioether (sulfide) groups is 1. The molecule has 1 amide bonds. The number of amides is 1. The fraction of sp³-hybridized carbons (Fsp3) is 0.261. The maximum atomic E-state index is 13.1. The summed E-state index contributed by atoms with van der Waals surface area (Å²) in [4.78, 5) is 37.2. The smallest absolute Gasteiger partial charge is 0.348 e. The summed E-state index contributed by atoms with van der Waals surface area (Å²) in [5.74, 6) is -1.20. The number of carbonyl (C=O) groups is 3. The monoisotopic (exact) mass is 534 g/mol. The van der Waals surface area contributed by atoms with E-state index in [1.807, 2.05) is 0 Å². The Morgan fingerprint density at radius 2 is 1.86 bits per heavy atom. The van der Waals surface area contributed by atoms with Crippen LogP contribution in [-0.2, 0) is 27.4 Å². The highest BCUT2D eigenvalue weighted by molar-refractivity contribution is 7.99. The number of nitrogens with one attached hydrogen (secondary N) is 1. The number of benzene rings is 1. The summed E-state index contributed by atoms with van der Waals surface area (Å²) in [6.45, 7) is 5.76. The molecule has 36 heavy (non-hydrogen) atoms. The lowest BCUT2D eigenvalue weighted by atomic mass is 10.1. The van der Waals surface area contributed by atoms with Crippen molar-refractivity contribution in [1.82, 2.24) is 14.8 Å². The van der Waals surface area contributed by atoms with Gasteiger partial charge in [0.15, 0.2) is 11.0 Å². The molecule has 0 saturated carbocycles. The van der Waals surface area contributed by atoms with E-state index in [0.717, 1.165) is 23.1 Å². The number of halogens is 1. The van der Waals surface area contributed by atoms with E-state index < -0.39 is 17.8 Å². The number of esters is 2. The van der Waals surface area contributed by atoms with Crippen molar-refractivity contribution in [2.45, 2.75) is 25.2 Å². The van der Waals surface area contributed by atoms with Gasteiger partial charge in [-0.15, -0.1) is 28.1 Å². The number of anilines is 1. The average molecular weight is 535 g/mol. The number of hydrogen-bond acceptors (Lipinski definition) is 10. The Hall–Kier alpha value is -3.71. The van der Waals surface area contributed by atoms with Crippen molar-refractivity contribution >= 4 is 45.9 Å². The Labute approximate surface area is 214 Å². The highest BCUT2D eigenvalue weighted by atomic mass is 32.2. The van der Waals surface area contributed by atoms with Crippen LogP contribution in [0.15, 0.2) is 42.1 Å². The van der Waals surface area contributed by atoms with Crippen molar-refractivity contribution in [2.75, 3.05) is 25.3 Å². The van der Waals surface area contributed by atoms with Crippen molar-refractivity contribution in [3.05, 3.63) is 64.6 Å². The van der Waals surface area contributed by atoms with E-state index in [1.54, 1.807) is 17.6 Å². The molecule has 2 heterocycles. The van der Waals surface area contributed by atoms with Crippen molar-refractivity contribution in [1.29, 1.82) is 0 Å².